The highest BCUT2D eigenvalue weighted by Gasteiger charge is 2.25. The Morgan fingerprint density at radius 1 is 1.80 bits per heavy atom. The SMILES string of the molecule is CC1(O)C=CCC(CO)O1. The summed E-state index contributed by atoms with van der Waals surface area (Å²) in [4.78, 5) is 0. The summed E-state index contributed by atoms with van der Waals surface area (Å²) in [6, 6.07) is 0. The van der Waals surface area contributed by atoms with Crippen molar-refractivity contribution in [1.82, 2.24) is 0 Å². The van der Waals surface area contributed by atoms with E-state index in [0.717, 1.165) is 0 Å². The zero-order chi connectivity index (χ0) is 7.61. The van der Waals surface area contributed by atoms with E-state index in [1.807, 2.05) is 6.08 Å². The Labute approximate surface area is 59.9 Å². The van der Waals surface area contributed by atoms with Crippen molar-refractivity contribution in [2.24, 2.45) is 0 Å². The lowest BCUT2D eigenvalue weighted by atomic mass is 10.1. The summed E-state index contributed by atoms with van der Waals surface area (Å²) in [7, 11) is 0. The van der Waals surface area contributed by atoms with Gasteiger partial charge in [-0.2, -0.15) is 0 Å². The number of ether oxygens (including phenoxy) is 1. The minimum absolute atomic E-state index is 0.0412. The second kappa shape index (κ2) is 2.70. The van der Waals surface area contributed by atoms with Gasteiger partial charge >= 0.3 is 0 Å². The molecule has 1 heterocycles. The van der Waals surface area contributed by atoms with Crippen LogP contribution in [0.3, 0.4) is 0 Å². The summed E-state index contributed by atoms with van der Waals surface area (Å²) in [6.45, 7) is 1.51. The average molecular weight is 144 g/mol. The third kappa shape index (κ3) is 1.80. The van der Waals surface area contributed by atoms with Crippen LogP contribution in [0, 0.1) is 0 Å². The lowest BCUT2D eigenvalue weighted by Gasteiger charge is -2.28. The van der Waals surface area contributed by atoms with Gasteiger partial charge in [0.15, 0.2) is 5.79 Å². The molecule has 0 radical (unpaired) electrons. The number of hydrogen-bond donors (Lipinski definition) is 2. The minimum atomic E-state index is -1.19. The van der Waals surface area contributed by atoms with E-state index in [1.54, 1.807) is 13.0 Å². The first-order chi connectivity index (χ1) is 4.64. The topological polar surface area (TPSA) is 49.7 Å². The molecule has 0 bridgehead atoms. The zero-order valence-corrected chi connectivity index (χ0v) is 5.95. The number of hydrogen-bond acceptors (Lipinski definition) is 3. The summed E-state index contributed by atoms with van der Waals surface area (Å²) in [6.07, 6.45) is 3.82. The Balaban J connectivity index is 2.54. The summed E-state index contributed by atoms with van der Waals surface area (Å²) in [5.74, 6) is -1.19. The van der Waals surface area contributed by atoms with Crippen LogP contribution in [0.15, 0.2) is 12.2 Å². The summed E-state index contributed by atoms with van der Waals surface area (Å²) < 4.78 is 5.04. The van der Waals surface area contributed by atoms with Crippen LogP contribution in [0.25, 0.3) is 0 Å². The smallest absolute Gasteiger partial charge is 0.182 e. The van der Waals surface area contributed by atoms with Crippen LogP contribution < -0.4 is 0 Å². The molecule has 10 heavy (non-hydrogen) atoms. The molecule has 2 atom stereocenters. The Morgan fingerprint density at radius 2 is 2.50 bits per heavy atom. The van der Waals surface area contributed by atoms with Gasteiger partial charge in [-0.05, 0) is 19.4 Å². The fraction of sp³-hybridized carbons (Fsp3) is 0.714. The van der Waals surface area contributed by atoms with E-state index in [0.29, 0.717) is 6.42 Å². The van der Waals surface area contributed by atoms with Gasteiger partial charge in [0.05, 0.1) is 12.7 Å². The minimum Gasteiger partial charge on any atom is -0.394 e. The molecule has 0 spiro atoms. The van der Waals surface area contributed by atoms with E-state index < -0.39 is 5.79 Å². The molecule has 0 aromatic carbocycles. The number of aliphatic hydroxyl groups is 2. The maximum atomic E-state index is 9.26. The highest BCUT2D eigenvalue weighted by atomic mass is 16.6. The van der Waals surface area contributed by atoms with E-state index in [-0.39, 0.29) is 12.7 Å². The molecule has 1 rings (SSSR count). The first-order valence-electron chi connectivity index (χ1n) is 3.33. The van der Waals surface area contributed by atoms with Crippen LogP contribution >= 0.6 is 0 Å². The molecule has 3 heteroatoms. The molecule has 2 N–H and O–H groups in total. The van der Waals surface area contributed by atoms with E-state index in [9.17, 15) is 5.11 Å². The van der Waals surface area contributed by atoms with Gasteiger partial charge in [0.1, 0.15) is 0 Å². The fourth-order valence-corrected chi connectivity index (χ4v) is 0.975. The number of aliphatic hydroxyl groups excluding tert-OH is 1. The van der Waals surface area contributed by atoms with Crippen molar-refractivity contribution in [3.63, 3.8) is 0 Å². The molecule has 0 saturated carbocycles. The van der Waals surface area contributed by atoms with Crippen molar-refractivity contribution in [2.45, 2.75) is 25.2 Å². The Kier molecular flexibility index (Phi) is 2.08. The van der Waals surface area contributed by atoms with Crippen LogP contribution in [0.5, 0.6) is 0 Å². The van der Waals surface area contributed by atoms with Crippen LogP contribution in [-0.2, 0) is 4.74 Å². The molecule has 0 saturated heterocycles. The molecular formula is C7H12O3. The van der Waals surface area contributed by atoms with Crippen LogP contribution in [0.2, 0.25) is 0 Å². The van der Waals surface area contributed by atoms with Crippen molar-refractivity contribution in [1.29, 1.82) is 0 Å². The van der Waals surface area contributed by atoms with Crippen LogP contribution in [-0.4, -0.2) is 28.7 Å². The van der Waals surface area contributed by atoms with Gasteiger partial charge in [0.25, 0.3) is 0 Å². The van der Waals surface area contributed by atoms with E-state index in [4.69, 9.17) is 9.84 Å². The molecular weight excluding hydrogens is 132 g/mol. The van der Waals surface area contributed by atoms with Crippen molar-refractivity contribution in [2.75, 3.05) is 6.61 Å². The molecule has 58 valence electrons. The van der Waals surface area contributed by atoms with Gasteiger partial charge in [-0.1, -0.05) is 6.08 Å². The molecule has 1 aliphatic heterocycles. The number of rotatable bonds is 1. The highest BCUT2D eigenvalue weighted by Crippen LogP contribution is 2.18. The molecule has 0 fully saturated rings. The average Bonchev–Trinajstić information content (AvgIpc) is 1.86. The lowest BCUT2D eigenvalue weighted by Crippen LogP contribution is -2.35. The summed E-state index contributed by atoms with van der Waals surface area (Å²) >= 11 is 0. The van der Waals surface area contributed by atoms with E-state index in [2.05, 4.69) is 0 Å². The molecule has 3 nitrogen and oxygen atoms in total. The molecule has 0 aliphatic carbocycles. The first-order valence-corrected chi connectivity index (χ1v) is 3.33. The second-order valence-electron chi connectivity index (χ2n) is 2.62. The van der Waals surface area contributed by atoms with E-state index >= 15 is 0 Å². The van der Waals surface area contributed by atoms with Gasteiger partial charge in [0.2, 0.25) is 0 Å². The van der Waals surface area contributed by atoms with Crippen molar-refractivity contribution in [3.8, 4) is 0 Å². The Hall–Kier alpha value is -0.380. The van der Waals surface area contributed by atoms with Crippen LogP contribution in [0.4, 0.5) is 0 Å². The largest absolute Gasteiger partial charge is 0.394 e. The first kappa shape index (κ1) is 7.72. The summed E-state index contributed by atoms with van der Waals surface area (Å²) in [5, 5.41) is 17.9. The van der Waals surface area contributed by atoms with Crippen molar-refractivity contribution >= 4 is 0 Å². The highest BCUT2D eigenvalue weighted by molar-refractivity contribution is 4.98. The van der Waals surface area contributed by atoms with Crippen LogP contribution in [0.1, 0.15) is 13.3 Å². The molecule has 1 aliphatic rings. The lowest BCUT2D eigenvalue weighted by molar-refractivity contribution is -0.197. The zero-order valence-electron chi connectivity index (χ0n) is 5.95. The quantitative estimate of drug-likeness (QED) is 0.510. The standard InChI is InChI=1S/C7H12O3/c1-7(9)4-2-3-6(5-8)10-7/h2,4,6,8-9H,3,5H2,1H3. The summed E-state index contributed by atoms with van der Waals surface area (Å²) in [5.41, 5.74) is 0. The third-order valence-electron chi connectivity index (χ3n) is 1.43. The predicted molar refractivity (Wildman–Crippen MR) is 36.3 cm³/mol. The van der Waals surface area contributed by atoms with Gasteiger partial charge in [-0.3, -0.25) is 0 Å². The maximum absolute atomic E-state index is 9.26. The van der Waals surface area contributed by atoms with Gasteiger partial charge in [-0.15, -0.1) is 0 Å². The fourth-order valence-electron chi connectivity index (χ4n) is 0.975. The Bertz CT molecular complexity index is 140. The van der Waals surface area contributed by atoms with Crippen molar-refractivity contribution < 1.29 is 14.9 Å². The van der Waals surface area contributed by atoms with Crippen molar-refractivity contribution in [3.05, 3.63) is 12.2 Å². The molecule has 0 amide bonds. The predicted octanol–water partition coefficient (Wildman–Crippen LogP) is 0.0323. The monoisotopic (exact) mass is 144 g/mol. The third-order valence-corrected chi connectivity index (χ3v) is 1.43. The molecule has 2 unspecified atom stereocenters. The normalized spacial score (nSPS) is 40.1. The van der Waals surface area contributed by atoms with Gasteiger partial charge in [-0.25, -0.2) is 0 Å². The van der Waals surface area contributed by atoms with E-state index in [1.165, 1.54) is 0 Å². The van der Waals surface area contributed by atoms with Gasteiger partial charge in [0, 0.05) is 0 Å². The maximum Gasteiger partial charge on any atom is 0.182 e. The molecule has 0 aromatic heterocycles. The second-order valence-corrected chi connectivity index (χ2v) is 2.62. The Morgan fingerprint density at radius 3 is 2.90 bits per heavy atom. The van der Waals surface area contributed by atoms with Gasteiger partial charge < -0.3 is 14.9 Å². The molecule has 0 aromatic rings.